The molecule has 2 fully saturated rings. The highest BCUT2D eigenvalue weighted by Gasteiger charge is 2.56. The third-order valence-electron chi connectivity index (χ3n) is 9.73. The molecule has 2 aliphatic heterocycles. The van der Waals surface area contributed by atoms with Crippen molar-refractivity contribution in [2.24, 2.45) is 5.11 Å². The Morgan fingerprint density at radius 2 is 1.68 bits per heavy atom. The molecule has 6 rings (SSSR count). The minimum Gasteiger partial charge on any atom is -0.455 e. The molecule has 0 aliphatic carbocycles. The number of benzene rings is 1. The van der Waals surface area contributed by atoms with Gasteiger partial charge >= 0.3 is 33.2 Å². The van der Waals surface area contributed by atoms with Crippen LogP contribution in [0.3, 0.4) is 0 Å². The van der Waals surface area contributed by atoms with Gasteiger partial charge in [-0.05, 0) is 23.6 Å². The number of amides is 1. The number of anilines is 2. The number of phosphoric acid groups is 1. The fourth-order valence-corrected chi connectivity index (χ4v) is 8.70. The van der Waals surface area contributed by atoms with Crippen molar-refractivity contribution in [3.63, 3.8) is 0 Å². The van der Waals surface area contributed by atoms with Crippen molar-refractivity contribution in [1.82, 2.24) is 34.0 Å². The van der Waals surface area contributed by atoms with E-state index in [1.807, 2.05) is 6.92 Å². The maximum atomic E-state index is 14.1. The molecule has 5 heterocycles. The van der Waals surface area contributed by atoms with Gasteiger partial charge in [-0.2, -0.15) is 4.98 Å². The summed E-state index contributed by atoms with van der Waals surface area (Å²) in [6, 6.07) is 7.34. The summed E-state index contributed by atoms with van der Waals surface area (Å²) in [6.07, 6.45) is -8.66. The van der Waals surface area contributed by atoms with Crippen molar-refractivity contribution < 1.29 is 71.6 Å². The van der Waals surface area contributed by atoms with Gasteiger partial charge in [0, 0.05) is 23.3 Å². The monoisotopic (exact) mass is 924 g/mol. The predicted molar refractivity (Wildman–Crippen MR) is 212 cm³/mol. The summed E-state index contributed by atoms with van der Waals surface area (Å²) in [7, 11) is -10.5. The van der Waals surface area contributed by atoms with E-state index >= 15 is 0 Å². The molecule has 9 atom stereocenters. The fourth-order valence-electron chi connectivity index (χ4n) is 6.72. The Labute approximate surface area is 354 Å². The van der Waals surface area contributed by atoms with Gasteiger partial charge in [0.1, 0.15) is 60.9 Å². The van der Waals surface area contributed by atoms with Gasteiger partial charge in [0.25, 0.3) is 0 Å². The van der Waals surface area contributed by atoms with E-state index in [4.69, 9.17) is 40.5 Å². The van der Waals surface area contributed by atoms with Gasteiger partial charge in [-0.15, -0.1) is 0 Å². The zero-order chi connectivity index (χ0) is 45.6. The fraction of sp³-hybridized carbons (Fsp3) is 0.485. The van der Waals surface area contributed by atoms with Crippen molar-refractivity contribution in [2.75, 3.05) is 37.8 Å². The smallest absolute Gasteiger partial charge is 0.455 e. The van der Waals surface area contributed by atoms with Crippen molar-refractivity contribution >= 4 is 56.0 Å². The molecule has 1 unspecified atom stereocenters. The lowest BCUT2D eigenvalue weighted by atomic mass is 10.1. The number of hydrogen-bond acceptors (Lipinski definition) is 20. The number of esters is 1. The predicted octanol–water partition coefficient (Wildman–Crippen LogP) is 0.737. The number of rotatable bonds is 18. The number of ether oxygens (including phenoxy) is 4. The molecule has 28 nitrogen and oxygen atoms in total. The summed E-state index contributed by atoms with van der Waals surface area (Å²) in [6.45, 7) is -1.05. The van der Waals surface area contributed by atoms with Gasteiger partial charge in [-0.25, -0.2) is 29.1 Å². The second-order valence-electron chi connectivity index (χ2n) is 14.0. The van der Waals surface area contributed by atoms with E-state index < -0.39 is 102 Å². The number of imidazole rings is 1. The first-order valence-electron chi connectivity index (χ1n) is 18.8. The minimum atomic E-state index is -5.28. The van der Waals surface area contributed by atoms with Crippen LogP contribution in [0, 0.1) is 0 Å². The molecule has 0 saturated carbocycles. The Morgan fingerprint density at radius 3 is 2.37 bits per heavy atom. The van der Waals surface area contributed by atoms with Gasteiger partial charge in [0.2, 0.25) is 0 Å². The topological polar surface area (TPSA) is 407 Å². The molecule has 1 aromatic carbocycles. The highest BCUT2D eigenvalue weighted by molar-refractivity contribution is 7.53. The van der Waals surface area contributed by atoms with Crippen LogP contribution in [0.1, 0.15) is 37.8 Å². The lowest BCUT2D eigenvalue weighted by Crippen LogP contribution is -2.43. The molecule has 63 heavy (non-hydrogen) atoms. The van der Waals surface area contributed by atoms with Crippen molar-refractivity contribution in [3.8, 4) is 0 Å². The lowest BCUT2D eigenvalue weighted by Gasteiger charge is -2.27. The molecule has 340 valence electrons. The van der Waals surface area contributed by atoms with Gasteiger partial charge in [-0.1, -0.05) is 42.7 Å². The average Bonchev–Trinajstić information content (AvgIpc) is 3.90. The van der Waals surface area contributed by atoms with Gasteiger partial charge < -0.3 is 59.8 Å². The van der Waals surface area contributed by atoms with Crippen molar-refractivity contribution in [2.45, 2.75) is 75.0 Å². The number of unbranched alkanes of at least 4 members (excludes halogenated alkanes) is 1. The van der Waals surface area contributed by atoms with E-state index in [1.54, 1.807) is 12.1 Å². The van der Waals surface area contributed by atoms with Crippen LogP contribution in [0.4, 0.5) is 22.1 Å². The first kappa shape index (κ1) is 46.9. The van der Waals surface area contributed by atoms with Gasteiger partial charge in [-0.3, -0.25) is 27.9 Å². The van der Waals surface area contributed by atoms with Crippen LogP contribution in [0.5, 0.6) is 0 Å². The summed E-state index contributed by atoms with van der Waals surface area (Å²) >= 11 is 0. The SMILES string of the molecule is CCCCN(CC(=O)O[C@H]1[C@@H](O)[C@H](n2cnc3c(N)ncnc32)O[C@@H]1COP(=O)(O)[C@H]1[C@@H](O)[C@H](n2ccc(N)nc2=O)O[C@@H]1COP(=O)(O)O)C(=O)OCc1ccc(N=[N+]=[N-])cc1. The van der Waals surface area contributed by atoms with E-state index in [0.29, 0.717) is 24.1 Å². The van der Waals surface area contributed by atoms with Crippen molar-refractivity contribution in [1.29, 1.82) is 0 Å². The molecule has 0 spiro atoms. The normalized spacial score (nSPS) is 24.4. The molecule has 0 radical (unpaired) electrons. The second-order valence-corrected chi connectivity index (χ2v) is 17.2. The molecule has 4 aromatic rings. The quantitative estimate of drug-likeness (QED) is 0.0238. The largest absolute Gasteiger partial charge is 0.469 e. The molecule has 9 N–H and O–H groups in total. The maximum absolute atomic E-state index is 14.1. The van der Waals surface area contributed by atoms with Crippen LogP contribution in [-0.2, 0) is 48.5 Å². The summed E-state index contributed by atoms with van der Waals surface area (Å²) in [5.41, 5.74) is 18.1. The summed E-state index contributed by atoms with van der Waals surface area (Å²) in [5.74, 6) is -1.30. The number of hydrogen-bond donors (Lipinski definition) is 7. The van der Waals surface area contributed by atoms with Crippen LogP contribution in [0.2, 0.25) is 0 Å². The van der Waals surface area contributed by atoms with Crippen LogP contribution >= 0.6 is 15.4 Å². The molecule has 0 bridgehead atoms. The number of carbonyl (C=O) groups excluding carboxylic acids is 2. The third-order valence-corrected chi connectivity index (χ3v) is 12.1. The second kappa shape index (κ2) is 19.8. The van der Waals surface area contributed by atoms with Crippen LogP contribution in [0.15, 0.2) is 59.1 Å². The average molecular weight is 925 g/mol. The lowest BCUT2D eigenvalue weighted by molar-refractivity contribution is -0.157. The Morgan fingerprint density at radius 1 is 0.984 bits per heavy atom. The molecular weight excluding hydrogens is 882 g/mol. The number of aromatic nitrogens is 6. The molecule has 2 saturated heterocycles. The first-order chi connectivity index (χ1) is 29.9. The summed E-state index contributed by atoms with van der Waals surface area (Å²) in [5, 5.41) is 26.5. The van der Waals surface area contributed by atoms with Crippen LogP contribution < -0.4 is 17.2 Å². The zero-order valence-electron chi connectivity index (χ0n) is 32.9. The minimum absolute atomic E-state index is 0.0236. The number of nitrogens with two attached hydrogens (primary N) is 2. The Kier molecular flexibility index (Phi) is 14.8. The number of carbonyl (C=O) groups is 2. The number of aliphatic hydroxyl groups excluding tert-OH is 2. The summed E-state index contributed by atoms with van der Waals surface area (Å²) < 4.78 is 60.4. The highest BCUT2D eigenvalue weighted by atomic mass is 31.2. The van der Waals surface area contributed by atoms with Gasteiger partial charge in [0.15, 0.2) is 30.0 Å². The number of aliphatic hydroxyl groups is 2. The Bertz CT molecular complexity index is 2480. The van der Waals surface area contributed by atoms with Crippen LogP contribution in [0.25, 0.3) is 21.6 Å². The Balaban J connectivity index is 1.23. The highest BCUT2D eigenvalue weighted by Crippen LogP contribution is 2.56. The molecule has 2 aliphatic rings. The molecular formula is C33H42N12O16P2. The van der Waals surface area contributed by atoms with E-state index in [9.17, 15) is 48.4 Å². The number of azide groups is 1. The van der Waals surface area contributed by atoms with Crippen LogP contribution in [-0.4, -0.2) is 133 Å². The van der Waals surface area contributed by atoms with Gasteiger partial charge in [0.05, 0.1) is 19.5 Å². The standard InChI is InChI=1S/C33H42N12O16P2/c1-2-3-9-43(33(50)56-12-17-4-6-18(7-5-17)41-42-36)11-22(46)61-26-19(59-30(24(26)47)45-16-39-23-28(35)37-15-38-29(23)45)13-57-62(51,52)27-20(14-58-63(53,54)55)60-31(25(27)48)44-10-8-21(34)40-32(44)49/h4-8,10,15-16,19-20,24-27,30-31,47-48H,2-3,9,11-14H2,1H3,(H,51,52)(H2,34,40,49)(H2,35,37,38)(H2,53,54,55)/t19-,20-,24-,25-,26-,27-,30-,31-/m1/s1. The summed E-state index contributed by atoms with van der Waals surface area (Å²) in [4.78, 5) is 89.0. The van der Waals surface area contributed by atoms with E-state index in [1.165, 1.54) is 23.0 Å². The molecule has 1 amide bonds. The maximum Gasteiger partial charge on any atom is 0.469 e. The van der Waals surface area contributed by atoms with Crippen molar-refractivity contribution in [3.05, 3.63) is 75.7 Å². The number of fused-ring (bicyclic) bond motifs is 1. The number of nitrogen functional groups attached to an aromatic ring is 2. The van der Waals surface area contributed by atoms with E-state index in [-0.39, 0.29) is 36.0 Å². The first-order valence-corrected chi connectivity index (χ1v) is 22.0. The van der Waals surface area contributed by atoms with E-state index in [0.717, 1.165) is 28.1 Å². The Hall–Kier alpha value is -5.60. The molecule has 30 heteroatoms. The number of nitrogens with zero attached hydrogens (tertiary/aromatic N) is 10. The van der Waals surface area contributed by atoms with E-state index in [2.05, 4.69) is 34.5 Å². The molecule has 3 aromatic heterocycles. The zero-order valence-corrected chi connectivity index (χ0v) is 34.7. The number of phosphoric ester groups is 1. The third kappa shape index (κ3) is 11.1.